The molecule has 0 fully saturated rings. The number of benzene rings is 4. The van der Waals surface area contributed by atoms with Crippen LogP contribution in [0.2, 0.25) is 0 Å². The summed E-state index contributed by atoms with van der Waals surface area (Å²) in [6.07, 6.45) is 0. The molecule has 0 aromatic heterocycles. The standard InChI is InChI=1S/C25H22N2Si/c26-25(27)20-11-10-18-24(19-20)28(21-12-4-1-5-13-21,22-14-6-2-7-15-22)23-16-8-3-9-17-23/h1-19H,(H3,26,27). The Morgan fingerprint density at radius 1 is 0.536 bits per heavy atom. The van der Waals surface area contributed by atoms with Crippen LogP contribution in [-0.4, -0.2) is 13.9 Å². The molecule has 0 bridgehead atoms. The fourth-order valence-electron chi connectivity index (χ4n) is 3.98. The molecule has 0 heterocycles. The Labute approximate surface area is 166 Å². The first-order valence-electron chi connectivity index (χ1n) is 9.34. The van der Waals surface area contributed by atoms with Crippen molar-refractivity contribution in [2.24, 2.45) is 5.73 Å². The molecule has 0 saturated carbocycles. The average Bonchev–Trinajstić information content (AvgIpc) is 2.77. The summed E-state index contributed by atoms with van der Waals surface area (Å²) in [5.41, 5.74) is 6.60. The van der Waals surface area contributed by atoms with Gasteiger partial charge in [0.2, 0.25) is 0 Å². The van der Waals surface area contributed by atoms with E-state index in [0.717, 1.165) is 5.56 Å². The van der Waals surface area contributed by atoms with Crippen LogP contribution in [0.1, 0.15) is 5.56 Å². The van der Waals surface area contributed by atoms with Gasteiger partial charge < -0.3 is 5.73 Å². The van der Waals surface area contributed by atoms with Gasteiger partial charge in [-0.3, -0.25) is 5.41 Å². The van der Waals surface area contributed by atoms with E-state index in [1.807, 2.05) is 12.1 Å². The maximum Gasteiger partial charge on any atom is 0.179 e. The van der Waals surface area contributed by atoms with E-state index in [-0.39, 0.29) is 5.84 Å². The number of rotatable bonds is 5. The molecule has 4 aromatic carbocycles. The predicted octanol–water partition coefficient (Wildman–Crippen LogP) is 2.35. The van der Waals surface area contributed by atoms with Gasteiger partial charge in [-0.2, -0.15) is 0 Å². The minimum absolute atomic E-state index is 0.0962. The minimum Gasteiger partial charge on any atom is -0.384 e. The summed E-state index contributed by atoms with van der Waals surface area (Å²) in [5, 5.41) is 13.1. The van der Waals surface area contributed by atoms with Crippen molar-refractivity contribution in [1.29, 1.82) is 5.41 Å². The smallest absolute Gasteiger partial charge is 0.179 e. The monoisotopic (exact) mass is 378 g/mol. The summed E-state index contributed by atoms with van der Waals surface area (Å²) >= 11 is 0. The molecule has 0 radical (unpaired) electrons. The largest absolute Gasteiger partial charge is 0.384 e. The fraction of sp³-hybridized carbons (Fsp3) is 0. The van der Waals surface area contributed by atoms with Crippen LogP contribution in [-0.2, 0) is 0 Å². The van der Waals surface area contributed by atoms with E-state index in [0.29, 0.717) is 0 Å². The maximum atomic E-state index is 7.94. The highest BCUT2D eigenvalue weighted by atomic mass is 28.3. The second-order valence-electron chi connectivity index (χ2n) is 6.84. The molecule has 0 amide bonds. The normalized spacial score (nSPS) is 11.1. The van der Waals surface area contributed by atoms with E-state index in [4.69, 9.17) is 11.1 Å². The summed E-state index contributed by atoms with van der Waals surface area (Å²) in [5.74, 6) is 0.0962. The van der Waals surface area contributed by atoms with Crippen LogP contribution in [0.15, 0.2) is 115 Å². The van der Waals surface area contributed by atoms with E-state index >= 15 is 0 Å². The van der Waals surface area contributed by atoms with E-state index in [1.54, 1.807) is 0 Å². The molecule has 0 aliphatic rings. The van der Waals surface area contributed by atoms with Crippen LogP contribution in [0.4, 0.5) is 0 Å². The van der Waals surface area contributed by atoms with E-state index in [2.05, 4.69) is 103 Å². The van der Waals surface area contributed by atoms with Crippen molar-refractivity contribution >= 4 is 34.7 Å². The van der Waals surface area contributed by atoms with Crippen molar-refractivity contribution < 1.29 is 0 Å². The number of nitrogens with one attached hydrogen (secondary N) is 1. The molecular weight excluding hydrogens is 356 g/mol. The molecule has 0 unspecified atom stereocenters. The van der Waals surface area contributed by atoms with Gasteiger partial charge in [-0.1, -0.05) is 115 Å². The van der Waals surface area contributed by atoms with E-state index in [1.165, 1.54) is 20.7 Å². The van der Waals surface area contributed by atoms with Crippen molar-refractivity contribution in [3.8, 4) is 0 Å². The first kappa shape index (κ1) is 18.0. The number of hydrogen-bond donors (Lipinski definition) is 2. The van der Waals surface area contributed by atoms with E-state index in [9.17, 15) is 0 Å². The van der Waals surface area contributed by atoms with Crippen molar-refractivity contribution in [1.82, 2.24) is 0 Å². The molecule has 0 atom stereocenters. The summed E-state index contributed by atoms with van der Waals surface area (Å²) in [4.78, 5) is 0. The Hall–Kier alpha value is -3.43. The zero-order valence-corrected chi connectivity index (χ0v) is 16.5. The molecule has 136 valence electrons. The van der Waals surface area contributed by atoms with E-state index < -0.39 is 8.07 Å². The van der Waals surface area contributed by atoms with Gasteiger partial charge in [-0.05, 0) is 20.7 Å². The predicted molar refractivity (Wildman–Crippen MR) is 121 cm³/mol. The maximum absolute atomic E-state index is 7.94. The van der Waals surface area contributed by atoms with Crippen molar-refractivity contribution in [3.63, 3.8) is 0 Å². The highest BCUT2D eigenvalue weighted by Crippen LogP contribution is 2.10. The molecule has 3 heteroatoms. The quantitative estimate of drug-likeness (QED) is 0.238. The Morgan fingerprint density at radius 3 is 1.32 bits per heavy atom. The highest BCUT2D eigenvalue weighted by Gasteiger charge is 2.41. The van der Waals surface area contributed by atoms with Crippen molar-refractivity contribution in [2.75, 3.05) is 0 Å². The Morgan fingerprint density at radius 2 is 0.929 bits per heavy atom. The van der Waals surface area contributed by atoms with Crippen LogP contribution >= 0.6 is 0 Å². The second-order valence-corrected chi connectivity index (χ2v) is 10.7. The third-order valence-electron chi connectivity index (χ3n) is 5.23. The molecule has 2 nitrogen and oxygen atoms in total. The van der Waals surface area contributed by atoms with Crippen LogP contribution in [0.5, 0.6) is 0 Å². The Kier molecular flexibility index (Phi) is 4.92. The SMILES string of the molecule is N=C(N)c1cccc([Si](c2ccccc2)(c2ccccc2)c2ccccc2)c1. The van der Waals surface area contributed by atoms with Gasteiger partial charge in [-0.15, -0.1) is 0 Å². The molecule has 3 N–H and O–H groups in total. The molecule has 4 rings (SSSR count). The van der Waals surface area contributed by atoms with Gasteiger partial charge in [0.25, 0.3) is 0 Å². The molecule has 28 heavy (non-hydrogen) atoms. The lowest BCUT2D eigenvalue weighted by molar-refractivity contribution is 1.43. The number of amidine groups is 1. The second kappa shape index (κ2) is 7.67. The molecule has 0 saturated heterocycles. The number of hydrogen-bond acceptors (Lipinski definition) is 1. The molecule has 0 aliphatic carbocycles. The highest BCUT2D eigenvalue weighted by molar-refractivity contribution is 7.19. The van der Waals surface area contributed by atoms with Gasteiger partial charge in [0.15, 0.2) is 8.07 Å². The van der Waals surface area contributed by atoms with Crippen molar-refractivity contribution in [2.45, 2.75) is 0 Å². The summed E-state index contributed by atoms with van der Waals surface area (Å²) in [7, 11) is -2.53. The van der Waals surface area contributed by atoms with Crippen LogP contribution < -0.4 is 26.5 Å². The third kappa shape index (κ3) is 3.06. The van der Waals surface area contributed by atoms with Gasteiger partial charge in [0, 0.05) is 5.56 Å². The lowest BCUT2D eigenvalue weighted by Crippen LogP contribution is -2.74. The fourth-order valence-corrected chi connectivity index (χ4v) is 8.78. The molecule has 0 aliphatic heterocycles. The zero-order valence-electron chi connectivity index (χ0n) is 15.5. The first-order chi connectivity index (χ1) is 13.7. The van der Waals surface area contributed by atoms with Gasteiger partial charge in [0.1, 0.15) is 5.84 Å². The van der Waals surface area contributed by atoms with Gasteiger partial charge in [-0.25, -0.2) is 0 Å². The van der Waals surface area contributed by atoms with Crippen LogP contribution in [0.25, 0.3) is 0 Å². The van der Waals surface area contributed by atoms with Gasteiger partial charge >= 0.3 is 0 Å². The molecular formula is C25H22N2Si. The zero-order chi connectivity index (χ0) is 19.4. The van der Waals surface area contributed by atoms with Crippen LogP contribution in [0, 0.1) is 5.41 Å². The number of nitrogens with two attached hydrogens (primary N) is 1. The summed E-state index contributed by atoms with van der Waals surface area (Å²) in [6.45, 7) is 0. The topological polar surface area (TPSA) is 49.9 Å². The average molecular weight is 379 g/mol. The number of nitrogen functional groups attached to an aromatic ring is 1. The van der Waals surface area contributed by atoms with Crippen molar-refractivity contribution in [3.05, 3.63) is 121 Å². The van der Waals surface area contributed by atoms with Gasteiger partial charge in [0.05, 0.1) is 0 Å². The molecule has 4 aromatic rings. The van der Waals surface area contributed by atoms with Crippen LogP contribution in [0.3, 0.4) is 0 Å². The molecule has 0 spiro atoms. The minimum atomic E-state index is -2.53. The summed E-state index contributed by atoms with van der Waals surface area (Å²) in [6, 6.07) is 40.4. The summed E-state index contributed by atoms with van der Waals surface area (Å²) < 4.78 is 0. The third-order valence-corrected chi connectivity index (χ3v) is 10.0. The Bertz CT molecular complexity index is 980. The first-order valence-corrected chi connectivity index (χ1v) is 11.3. The lowest BCUT2D eigenvalue weighted by atomic mass is 10.2. The lowest BCUT2D eigenvalue weighted by Gasteiger charge is -2.34. The Balaban J connectivity index is 2.13.